The lowest BCUT2D eigenvalue weighted by molar-refractivity contribution is -0.124. The monoisotopic (exact) mass is 2070 g/mol. The van der Waals surface area contributed by atoms with E-state index in [1.165, 1.54) is 0 Å². The lowest BCUT2D eigenvalue weighted by Crippen LogP contribution is -2.53. The van der Waals surface area contributed by atoms with Gasteiger partial charge in [0.15, 0.2) is 0 Å². The van der Waals surface area contributed by atoms with Crippen molar-refractivity contribution in [3.63, 3.8) is 0 Å². The number of carbonyl (C=O) groups is 10. The number of carbonyl (C=O) groups excluding carboxylic acids is 10. The Morgan fingerprint density at radius 1 is 0.360 bits per heavy atom. The Hall–Kier alpha value is -6.92. The summed E-state index contributed by atoms with van der Waals surface area (Å²) in [5, 5.41) is 15.8. The number of hydrogen-bond donors (Lipinski definition) is 6. The Labute approximate surface area is 715 Å². The van der Waals surface area contributed by atoms with Gasteiger partial charge in [0.1, 0.15) is 85.2 Å². The van der Waals surface area contributed by atoms with Gasteiger partial charge >= 0.3 is 30.5 Å². The predicted octanol–water partition coefficient (Wildman–Crippen LogP) is 14.4. The van der Waals surface area contributed by atoms with Gasteiger partial charge in [-0.3, -0.25) is 43.6 Å². The molecule has 5 atom stereocenters. The molecule has 36 heteroatoms. The van der Waals surface area contributed by atoms with Crippen LogP contribution in [0.3, 0.4) is 0 Å². The highest BCUT2D eigenvalue weighted by Gasteiger charge is 2.37. The summed E-state index contributed by atoms with van der Waals surface area (Å²) in [6.07, 6.45) is 12.9. The fraction of sp³-hybridized carbons (Fsp3) is 0.533. The quantitative estimate of drug-likeness (QED) is 0.0453. The van der Waals surface area contributed by atoms with Gasteiger partial charge in [-0.1, -0.05) is 0 Å². The Bertz CT molecular complexity index is 3490. The maximum Gasteiger partial charge on any atom is 0.408 e. The molecule has 5 aliphatic rings. The van der Waals surface area contributed by atoms with Gasteiger partial charge in [0, 0.05) is 84.3 Å². The molecule has 111 heavy (non-hydrogen) atoms. The molecule has 0 aromatic carbocycles. The number of ether oxygens (including phenoxy) is 5. The van der Waals surface area contributed by atoms with Crippen LogP contribution in [-0.4, -0.2) is 176 Å². The minimum absolute atomic E-state index is 0.132. The third-order valence-corrected chi connectivity index (χ3v) is 18.5. The van der Waals surface area contributed by atoms with Gasteiger partial charge in [0.2, 0.25) is 5.91 Å². The zero-order valence-corrected chi connectivity index (χ0v) is 76.3. The molecule has 0 bridgehead atoms. The first-order valence-electron chi connectivity index (χ1n) is 36.0. The first kappa shape index (κ1) is 94.7. The van der Waals surface area contributed by atoms with Crippen LogP contribution in [0, 0.1) is 10.8 Å². The van der Waals surface area contributed by atoms with Crippen LogP contribution in [0.4, 0.5) is 47.2 Å². The average molecular weight is 2070 g/mol. The van der Waals surface area contributed by atoms with Crippen LogP contribution in [0.25, 0.3) is 0 Å². The standard InChI is InChI=1S/2C15H20BrN3O3.2C15H20IN3O3.C10H18N2O3.C5H3BrIN/c4*1-15(2,3)22-14(21)18-11-5-4-8-19(13(11)20)12-7-6-10(16)9-17-12;1-10(2,3)15-9(14)12-7-5-4-6-11-8(7)13;6-4-1-2-5(7)8-3-4/h4*6-7,9,11H,4-5,8H2,1-3H3,(H,18,21);7H,4-6H2,1-3H3,(H,11,13)(H,12,14);1-3H/t4*11-;;/m1010../s1. The lowest BCUT2D eigenvalue weighted by Gasteiger charge is -2.32. The van der Waals surface area contributed by atoms with E-state index in [1.54, 1.807) is 167 Å². The second kappa shape index (κ2) is 44.1. The molecule has 5 aliphatic heterocycles. The Morgan fingerprint density at radius 3 is 0.820 bits per heavy atom. The molecular formula is C75H101Br3I3N15O15. The number of halogens is 6. The number of anilines is 4. The van der Waals surface area contributed by atoms with Crippen LogP contribution >= 0.6 is 116 Å². The summed E-state index contributed by atoms with van der Waals surface area (Å²) in [5.74, 6) is 1.65. The van der Waals surface area contributed by atoms with Crippen molar-refractivity contribution in [2.24, 2.45) is 0 Å². The molecule has 6 N–H and O–H groups in total. The summed E-state index contributed by atoms with van der Waals surface area (Å²) in [6.45, 7) is 29.9. The molecule has 5 aromatic heterocycles. The van der Waals surface area contributed by atoms with Gasteiger partial charge < -0.3 is 55.6 Å². The minimum Gasteiger partial charge on any atom is -0.444 e. The fourth-order valence-electron chi connectivity index (χ4n) is 10.6. The molecule has 10 heterocycles. The van der Waals surface area contributed by atoms with E-state index < -0.39 is 88.7 Å². The highest BCUT2D eigenvalue weighted by atomic mass is 127. The molecule has 10 rings (SSSR count). The van der Waals surface area contributed by atoms with Gasteiger partial charge in [-0.25, -0.2) is 48.9 Å². The van der Waals surface area contributed by atoms with Crippen LogP contribution in [-0.2, 0) is 47.7 Å². The van der Waals surface area contributed by atoms with Gasteiger partial charge in [0.25, 0.3) is 23.6 Å². The Kier molecular flexibility index (Phi) is 37.6. The summed E-state index contributed by atoms with van der Waals surface area (Å²) in [4.78, 5) is 148. The third-order valence-electron chi connectivity index (χ3n) is 15.1. The highest BCUT2D eigenvalue weighted by molar-refractivity contribution is 14.1. The third kappa shape index (κ3) is 36.0. The van der Waals surface area contributed by atoms with Gasteiger partial charge in [0.05, 0.1) is 0 Å². The average Bonchev–Trinajstić information content (AvgIpc) is 0.834. The Morgan fingerprint density at radius 2 is 0.604 bits per heavy atom. The van der Waals surface area contributed by atoms with Crippen molar-refractivity contribution < 1.29 is 71.6 Å². The molecule has 5 fully saturated rings. The summed E-state index contributed by atoms with van der Waals surface area (Å²) in [5.41, 5.74) is -2.88. The first-order valence-corrected chi connectivity index (χ1v) is 41.6. The lowest BCUT2D eigenvalue weighted by atomic mass is 10.0. The summed E-state index contributed by atoms with van der Waals surface area (Å²) in [6, 6.07) is 15.8. The Balaban J connectivity index is 0.000000243. The predicted molar refractivity (Wildman–Crippen MR) is 457 cm³/mol. The van der Waals surface area contributed by atoms with Crippen LogP contribution in [0.5, 0.6) is 0 Å². The zero-order chi connectivity index (χ0) is 82.8. The van der Waals surface area contributed by atoms with E-state index in [0.29, 0.717) is 88.1 Å². The molecule has 0 spiro atoms. The fourth-order valence-corrected chi connectivity index (χ4v) is 12.2. The second-order valence-electron chi connectivity index (χ2n) is 30.6. The highest BCUT2D eigenvalue weighted by Crippen LogP contribution is 2.26. The van der Waals surface area contributed by atoms with Crippen molar-refractivity contribution in [2.45, 2.75) is 226 Å². The molecule has 5 saturated heterocycles. The van der Waals surface area contributed by atoms with Gasteiger partial charge in [-0.05, 0) is 344 Å². The van der Waals surface area contributed by atoms with E-state index in [0.717, 1.165) is 56.4 Å². The summed E-state index contributed by atoms with van der Waals surface area (Å²) >= 11 is 16.4. The molecular weight excluding hydrogens is 1970 g/mol. The summed E-state index contributed by atoms with van der Waals surface area (Å²) < 4.78 is 31.6. The van der Waals surface area contributed by atoms with Crippen molar-refractivity contribution in [3.05, 3.63) is 116 Å². The number of nitrogens with one attached hydrogen (secondary N) is 6. The molecule has 30 nitrogen and oxygen atoms in total. The topological polar surface area (TPSA) is 366 Å². The minimum atomic E-state index is -0.589. The van der Waals surface area contributed by atoms with E-state index in [2.05, 4.69) is 172 Å². The van der Waals surface area contributed by atoms with E-state index in [1.807, 2.05) is 48.5 Å². The van der Waals surface area contributed by atoms with Crippen molar-refractivity contribution in [1.82, 2.24) is 56.8 Å². The van der Waals surface area contributed by atoms with E-state index >= 15 is 0 Å². The number of pyridine rings is 5. The number of piperidine rings is 5. The molecule has 5 aromatic rings. The molecule has 10 amide bonds. The van der Waals surface area contributed by atoms with Crippen molar-refractivity contribution in [2.75, 3.05) is 52.3 Å². The van der Waals surface area contributed by atoms with Crippen LogP contribution in [0.2, 0.25) is 0 Å². The van der Waals surface area contributed by atoms with Crippen molar-refractivity contribution in [3.8, 4) is 0 Å². The van der Waals surface area contributed by atoms with Gasteiger partial charge in [-0.15, -0.1) is 0 Å². The normalized spacial score (nSPS) is 18.7. The molecule has 0 radical (unpaired) electrons. The van der Waals surface area contributed by atoms with E-state index in [4.69, 9.17) is 23.7 Å². The number of hydrogen-bond acceptors (Lipinski definition) is 20. The maximum absolute atomic E-state index is 12.5. The van der Waals surface area contributed by atoms with Crippen LogP contribution < -0.4 is 51.5 Å². The van der Waals surface area contributed by atoms with Crippen molar-refractivity contribution >= 4 is 199 Å². The van der Waals surface area contributed by atoms with E-state index in [-0.39, 0.29) is 29.5 Å². The van der Waals surface area contributed by atoms with Crippen LogP contribution in [0.1, 0.15) is 168 Å². The van der Waals surface area contributed by atoms with E-state index in [9.17, 15) is 47.9 Å². The van der Waals surface area contributed by atoms with Gasteiger partial charge in [-0.2, -0.15) is 0 Å². The number of rotatable bonds is 9. The number of aromatic nitrogens is 5. The molecule has 608 valence electrons. The maximum atomic E-state index is 12.5. The number of alkyl carbamates (subject to hydrolysis) is 5. The zero-order valence-electron chi connectivity index (χ0n) is 65.1. The van der Waals surface area contributed by atoms with Crippen LogP contribution in [0.15, 0.2) is 105 Å². The summed E-state index contributed by atoms with van der Waals surface area (Å²) in [7, 11) is 0. The molecule has 0 saturated carbocycles. The number of nitrogens with zero attached hydrogens (tertiary/aromatic N) is 9. The molecule has 1 unspecified atom stereocenters. The largest absolute Gasteiger partial charge is 0.444 e. The smallest absolute Gasteiger partial charge is 0.408 e. The number of amides is 10. The SMILES string of the molecule is Brc1ccc(I)nc1.CC(C)(C)OC(=O)NC1CCCNC1=O.CC(C)(C)OC(=O)N[C@@H]1CCCN(c2ccc(Br)cn2)C1=O.CC(C)(C)OC(=O)N[C@@H]1CCCN(c2ccc(I)cn2)C1=O.CC(C)(C)OC(=O)N[C@H]1CCCN(c2ccc(Br)cn2)C1=O.CC(C)(C)OC(=O)N[C@H]1CCCN(c2ccc(I)cn2)C1=O. The first-order chi connectivity index (χ1) is 51.7. The molecule has 0 aliphatic carbocycles. The second-order valence-corrected chi connectivity index (χ2v) is 36.9. The van der Waals surface area contributed by atoms with Crippen molar-refractivity contribution in [1.29, 1.82) is 0 Å².